The predicted octanol–water partition coefficient (Wildman–Crippen LogP) is 2.08. The van der Waals surface area contributed by atoms with Crippen molar-refractivity contribution in [3.8, 4) is 0 Å². The Morgan fingerprint density at radius 1 is 1.48 bits per heavy atom. The first-order valence-electron chi connectivity index (χ1n) is 7.94. The molecule has 1 atom stereocenters. The number of ether oxygens (including phenoxy) is 1. The Balaban J connectivity index is 1.90. The van der Waals surface area contributed by atoms with Crippen LogP contribution in [0.3, 0.4) is 0 Å². The highest BCUT2D eigenvalue weighted by molar-refractivity contribution is 5.82. The van der Waals surface area contributed by atoms with E-state index >= 15 is 0 Å². The summed E-state index contributed by atoms with van der Waals surface area (Å²) in [7, 11) is 1.49. The van der Waals surface area contributed by atoms with Gasteiger partial charge in [-0.2, -0.15) is 0 Å². The fourth-order valence-corrected chi connectivity index (χ4v) is 3.16. The quantitative estimate of drug-likeness (QED) is 0.782. The zero-order chi connectivity index (χ0) is 15.0. The van der Waals surface area contributed by atoms with Crippen LogP contribution in [0.25, 0.3) is 0 Å². The number of hydrogen-bond donors (Lipinski definition) is 1. The number of esters is 1. The smallest absolute Gasteiger partial charge is 0.328 e. The monoisotopic (exact) mass is 291 g/mol. The maximum Gasteiger partial charge on any atom is 0.328 e. The number of aromatic nitrogens is 2. The Kier molecular flexibility index (Phi) is 3.78. The maximum atomic E-state index is 12.6. The maximum absolute atomic E-state index is 12.6. The van der Waals surface area contributed by atoms with Crippen LogP contribution < -0.4 is 5.32 Å². The van der Waals surface area contributed by atoms with Crippen LogP contribution in [-0.2, 0) is 16.1 Å². The molecule has 2 fully saturated rings. The largest absolute Gasteiger partial charge is 0.468 e. The van der Waals surface area contributed by atoms with Crippen molar-refractivity contribution in [1.29, 1.82) is 0 Å². The molecule has 21 heavy (non-hydrogen) atoms. The van der Waals surface area contributed by atoms with E-state index in [1.165, 1.54) is 7.11 Å². The normalized spacial score (nSPS) is 21.3. The molecule has 0 radical (unpaired) electrons. The fourth-order valence-electron chi connectivity index (χ4n) is 3.16. The summed E-state index contributed by atoms with van der Waals surface area (Å²) in [5.74, 6) is 1.63. The number of carbonyl (C=O) groups is 1. The molecule has 1 unspecified atom stereocenters. The summed E-state index contributed by atoms with van der Waals surface area (Å²) in [5.41, 5.74) is -0.583. The molecule has 116 valence electrons. The van der Waals surface area contributed by atoms with E-state index in [4.69, 9.17) is 4.74 Å². The second-order valence-corrected chi connectivity index (χ2v) is 6.72. The number of hydrogen-bond acceptors (Lipinski definition) is 4. The number of nitrogens with one attached hydrogen (secondary N) is 1. The first-order valence-corrected chi connectivity index (χ1v) is 7.94. The molecule has 0 saturated heterocycles. The molecule has 0 aromatic carbocycles. The van der Waals surface area contributed by atoms with E-state index in [2.05, 4.69) is 28.7 Å². The van der Waals surface area contributed by atoms with Gasteiger partial charge in [0, 0.05) is 24.4 Å². The van der Waals surface area contributed by atoms with E-state index in [-0.39, 0.29) is 5.97 Å². The van der Waals surface area contributed by atoms with Gasteiger partial charge in [-0.3, -0.25) is 5.32 Å². The lowest BCUT2D eigenvalue weighted by Crippen LogP contribution is -2.58. The fraction of sp³-hybridized carbons (Fsp3) is 0.750. The van der Waals surface area contributed by atoms with Crippen molar-refractivity contribution in [1.82, 2.24) is 14.9 Å². The van der Waals surface area contributed by atoms with E-state index in [0.717, 1.165) is 31.5 Å². The Labute approximate surface area is 126 Å². The SMILES string of the molecule is COC(=O)C(Cn1ccnc1C(C)C)(NC1CC1)C1CC1. The summed E-state index contributed by atoms with van der Waals surface area (Å²) in [6, 6.07) is 0.468. The van der Waals surface area contributed by atoms with Crippen LogP contribution >= 0.6 is 0 Å². The van der Waals surface area contributed by atoms with E-state index < -0.39 is 5.54 Å². The van der Waals surface area contributed by atoms with Crippen molar-refractivity contribution in [2.24, 2.45) is 5.92 Å². The highest BCUT2D eigenvalue weighted by Gasteiger charge is 2.54. The summed E-state index contributed by atoms with van der Waals surface area (Å²) in [6.07, 6.45) is 8.31. The molecule has 0 aliphatic heterocycles. The average Bonchev–Trinajstić information content (AvgIpc) is 3.36. The molecule has 1 aromatic rings. The van der Waals surface area contributed by atoms with Crippen molar-refractivity contribution in [2.45, 2.75) is 63.6 Å². The van der Waals surface area contributed by atoms with Crippen molar-refractivity contribution >= 4 is 5.97 Å². The second-order valence-electron chi connectivity index (χ2n) is 6.72. The Morgan fingerprint density at radius 2 is 2.19 bits per heavy atom. The van der Waals surface area contributed by atoms with E-state index in [1.54, 1.807) is 0 Å². The minimum atomic E-state index is -0.583. The lowest BCUT2D eigenvalue weighted by atomic mass is 9.92. The molecule has 5 heteroatoms. The predicted molar refractivity (Wildman–Crippen MR) is 79.9 cm³/mol. The van der Waals surface area contributed by atoms with Crippen molar-refractivity contribution < 1.29 is 9.53 Å². The highest BCUT2D eigenvalue weighted by Crippen LogP contribution is 2.43. The first-order chi connectivity index (χ1) is 10.1. The minimum absolute atomic E-state index is 0.125. The van der Waals surface area contributed by atoms with Gasteiger partial charge in [-0.05, 0) is 31.6 Å². The molecule has 0 bridgehead atoms. The number of nitrogens with zero attached hydrogens (tertiary/aromatic N) is 2. The molecule has 1 aromatic heterocycles. The van der Waals surface area contributed by atoms with Crippen molar-refractivity contribution in [2.75, 3.05) is 7.11 Å². The third-order valence-electron chi connectivity index (χ3n) is 4.55. The van der Waals surface area contributed by atoms with Gasteiger partial charge < -0.3 is 9.30 Å². The van der Waals surface area contributed by atoms with Gasteiger partial charge in [-0.25, -0.2) is 9.78 Å². The van der Waals surface area contributed by atoms with Gasteiger partial charge in [-0.1, -0.05) is 13.8 Å². The van der Waals surface area contributed by atoms with Gasteiger partial charge in [0.1, 0.15) is 11.4 Å². The highest BCUT2D eigenvalue weighted by atomic mass is 16.5. The summed E-state index contributed by atoms with van der Waals surface area (Å²) in [5, 5.41) is 3.60. The molecule has 3 rings (SSSR count). The topological polar surface area (TPSA) is 56.2 Å². The van der Waals surface area contributed by atoms with Crippen LogP contribution in [0.15, 0.2) is 12.4 Å². The number of imidazole rings is 1. The third kappa shape index (κ3) is 2.84. The Bertz CT molecular complexity index is 517. The number of methoxy groups -OCH3 is 1. The molecule has 5 nitrogen and oxygen atoms in total. The summed E-state index contributed by atoms with van der Waals surface area (Å²) < 4.78 is 7.28. The van der Waals surface area contributed by atoms with Gasteiger partial charge in [0.15, 0.2) is 0 Å². The molecule has 1 heterocycles. The van der Waals surface area contributed by atoms with Gasteiger partial charge >= 0.3 is 5.97 Å². The molecule has 2 aliphatic carbocycles. The van der Waals surface area contributed by atoms with Gasteiger partial charge in [0.25, 0.3) is 0 Å². The van der Waals surface area contributed by atoms with Gasteiger partial charge in [-0.15, -0.1) is 0 Å². The molecule has 1 N–H and O–H groups in total. The third-order valence-corrected chi connectivity index (χ3v) is 4.55. The van der Waals surface area contributed by atoms with Crippen molar-refractivity contribution in [3.05, 3.63) is 18.2 Å². The Morgan fingerprint density at radius 3 is 2.71 bits per heavy atom. The first kappa shape index (κ1) is 14.6. The van der Waals surface area contributed by atoms with E-state index in [9.17, 15) is 4.79 Å². The summed E-state index contributed by atoms with van der Waals surface area (Å²) in [4.78, 5) is 17.0. The second kappa shape index (κ2) is 5.44. The zero-order valence-electron chi connectivity index (χ0n) is 13.1. The standard InChI is InChI=1S/C16H25N3O2/c1-11(2)14-17-8-9-19(14)10-16(12-4-5-12,15(20)21-3)18-13-6-7-13/h8-9,11-13,18H,4-7,10H2,1-3H3. The van der Waals surface area contributed by atoms with Crippen LogP contribution in [-0.4, -0.2) is 34.2 Å². The van der Waals surface area contributed by atoms with Crippen LogP contribution in [0.4, 0.5) is 0 Å². The molecule has 2 aliphatic rings. The molecular weight excluding hydrogens is 266 g/mol. The number of carbonyl (C=O) groups excluding carboxylic acids is 1. The molecular formula is C16H25N3O2. The molecule has 0 amide bonds. The van der Waals surface area contributed by atoms with Crippen LogP contribution in [0.2, 0.25) is 0 Å². The lowest BCUT2D eigenvalue weighted by molar-refractivity contribution is -0.150. The van der Waals surface area contributed by atoms with Crippen LogP contribution in [0, 0.1) is 5.92 Å². The van der Waals surface area contributed by atoms with Gasteiger partial charge in [0.2, 0.25) is 0 Å². The van der Waals surface area contributed by atoms with Crippen LogP contribution in [0.5, 0.6) is 0 Å². The van der Waals surface area contributed by atoms with Gasteiger partial charge in [0.05, 0.1) is 13.7 Å². The van der Waals surface area contributed by atoms with E-state index in [0.29, 0.717) is 24.4 Å². The van der Waals surface area contributed by atoms with Crippen LogP contribution in [0.1, 0.15) is 51.3 Å². The van der Waals surface area contributed by atoms with E-state index in [1.807, 2.05) is 12.4 Å². The summed E-state index contributed by atoms with van der Waals surface area (Å²) >= 11 is 0. The lowest BCUT2D eigenvalue weighted by Gasteiger charge is -2.33. The minimum Gasteiger partial charge on any atom is -0.468 e. The average molecular weight is 291 g/mol. The Hall–Kier alpha value is -1.36. The van der Waals surface area contributed by atoms with Crippen molar-refractivity contribution in [3.63, 3.8) is 0 Å². The summed E-state index contributed by atoms with van der Waals surface area (Å²) in [6.45, 7) is 4.88. The zero-order valence-corrected chi connectivity index (χ0v) is 13.1. The number of rotatable bonds is 7. The molecule has 0 spiro atoms. The molecule has 2 saturated carbocycles.